The maximum atomic E-state index is 13.2. The number of benzene rings is 1. The Kier molecular flexibility index (Phi) is 14.3. The third-order valence-corrected chi connectivity index (χ3v) is 8.54. The van der Waals surface area contributed by atoms with Crippen LogP contribution in [0.5, 0.6) is 0 Å². The van der Waals surface area contributed by atoms with Gasteiger partial charge < -0.3 is 35.4 Å². The molecule has 43 heavy (non-hydrogen) atoms. The maximum Gasteiger partial charge on any atom is 1.00 e. The molecule has 0 bridgehead atoms. The first-order valence-electron chi connectivity index (χ1n) is 11.4. The van der Waals surface area contributed by atoms with Crippen LogP contribution < -0.4 is 75.1 Å². The number of thioether (sulfide) groups is 2. The van der Waals surface area contributed by atoms with E-state index in [1.54, 1.807) is 0 Å². The number of hydrogen-bond acceptors (Lipinski definition) is 15. The fraction of sp³-hybridized carbons (Fsp3) is 0.208. The van der Waals surface area contributed by atoms with Crippen molar-refractivity contribution in [1.82, 2.24) is 9.88 Å². The van der Waals surface area contributed by atoms with Gasteiger partial charge in [-0.3, -0.25) is 14.7 Å². The summed E-state index contributed by atoms with van der Waals surface area (Å²) in [7, 11) is 1.20. The number of aliphatic carboxylic acids is 1. The van der Waals surface area contributed by atoms with E-state index in [9.17, 15) is 34.5 Å². The molecule has 2 atom stereocenters. The number of fused-ring (bicyclic) bond motifs is 1. The number of rotatable bonds is 11. The summed E-state index contributed by atoms with van der Waals surface area (Å²) in [4.78, 5) is 61.9. The second kappa shape index (κ2) is 16.6. The number of oxime groups is 1. The van der Waals surface area contributed by atoms with Gasteiger partial charge in [0.15, 0.2) is 11.2 Å². The van der Waals surface area contributed by atoms with Crippen LogP contribution in [-0.2, 0) is 30.6 Å². The van der Waals surface area contributed by atoms with Crippen molar-refractivity contribution < 1.29 is 103 Å². The number of carbonyl (C=O) groups excluding carboxylic acids is 3. The van der Waals surface area contributed by atoms with E-state index in [1.165, 1.54) is 53.9 Å². The van der Waals surface area contributed by atoms with Gasteiger partial charge in [-0.15, -0.1) is 23.1 Å². The molecule has 1 amide bonds. The number of hydrogen-bond donors (Lipinski definition) is 2. The number of nitrogens with two attached hydrogens (primary N) is 1. The SMILES string of the molecule is COC(=O)/C=C\SC1=C(C(=O)O)N2C(=O)[C@@H](N=C([O-])/C(=N/OCc3ccc(C(=O)[O-])cc3)c3csc(N)n3)[C@H]2SC1.[Na+].[Na+]. The van der Waals surface area contributed by atoms with Crippen LogP contribution in [0.2, 0.25) is 0 Å². The van der Waals surface area contributed by atoms with Crippen molar-refractivity contribution in [2.24, 2.45) is 10.1 Å². The summed E-state index contributed by atoms with van der Waals surface area (Å²) in [5.41, 5.74) is 5.71. The summed E-state index contributed by atoms with van der Waals surface area (Å²) in [6, 6.07) is 4.45. The van der Waals surface area contributed by atoms with Gasteiger partial charge in [0.25, 0.3) is 5.91 Å². The number of nitrogens with zero attached hydrogens (tertiary/aromatic N) is 4. The molecular formula is C24H19N5Na2O9S3. The van der Waals surface area contributed by atoms with Gasteiger partial charge in [0.2, 0.25) is 0 Å². The van der Waals surface area contributed by atoms with E-state index in [0.717, 1.165) is 34.1 Å². The van der Waals surface area contributed by atoms with Crippen LogP contribution in [0.3, 0.4) is 0 Å². The van der Waals surface area contributed by atoms with Crippen molar-refractivity contribution in [2.45, 2.75) is 18.0 Å². The number of esters is 1. The average molecular weight is 664 g/mol. The van der Waals surface area contributed by atoms with E-state index < -0.39 is 41.1 Å². The van der Waals surface area contributed by atoms with Crippen LogP contribution in [0.4, 0.5) is 5.13 Å². The number of carboxylic acids is 2. The van der Waals surface area contributed by atoms with Gasteiger partial charge >= 0.3 is 71.1 Å². The van der Waals surface area contributed by atoms with E-state index in [2.05, 4.69) is 19.9 Å². The van der Waals surface area contributed by atoms with E-state index in [1.807, 2.05) is 0 Å². The summed E-state index contributed by atoms with van der Waals surface area (Å²) in [6.45, 7) is -0.129. The molecule has 2 aliphatic rings. The Morgan fingerprint density at radius 2 is 1.95 bits per heavy atom. The Hall–Kier alpha value is -2.35. The summed E-state index contributed by atoms with van der Waals surface area (Å²) < 4.78 is 4.51. The topological polar surface area (TPSA) is 220 Å². The molecule has 4 rings (SSSR count). The molecule has 2 aliphatic heterocycles. The van der Waals surface area contributed by atoms with Gasteiger partial charge in [0.1, 0.15) is 29.1 Å². The van der Waals surface area contributed by atoms with Crippen molar-refractivity contribution >= 4 is 75.4 Å². The molecule has 1 aromatic carbocycles. The largest absolute Gasteiger partial charge is 1.00 e. The molecule has 2 aromatic rings. The zero-order chi connectivity index (χ0) is 29.7. The van der Waals surface area contributed by atoms with Gasteiger partial charge in [-0.2, -0.15) is 0 Å². The number of ether oxygens (including phenoxy) is 1. The molecule has 0 spiro atoms. The Balaban J connectivity index is 0.00000323. The minimum atomic E-state index is -1.34. The summed E-state index contributed by atoms with van der Waals surface area (Å²) >= 11 is 3.22. The number of aromatic carboxylic acids is 1. The molecule has 214 valence electrons. The van der Waals surface area contributed by atoms with Gasteiger partial charge in [0.05, 0.1) is 13.1 Å². The summed E-state index contributed by atoms with van der Waals surface area (Å²) in [5.74, 6) is -4.73. The third kappa shape index (κ3) is 8.86. The number of anilines is 1. The number of nitrogen functional groups attached to an aromatic ring is 1. The van der Waals surface area contributed by atoms with Crippen LogP contribution >= 0.6 is 34.9 Å². The van der Waals surface area contributed by atoms with E-state index in [-0.39, 0.29) is 99.3 Å². The Morgan fingerprint density at radius 3 is 2.53 bits per heavy atom. The van der Waals surface area contributed by atoms with Crippen LogP contribution in [0.25, 0.3) is 0 Å². The van der Waals surface area contributed by atoms with Gasteiger partial charge in [-0.1, -0.05) is 41.2 Å². The maximum absolute atomic E-state index is 13.2. The molecule has 0 saturated carbocycles. The second-order valence-corrected chi connectivity index (χ2v) is 11.1. The first kappa shape index (κ1) is 36.8. The van der Waals surface area contributed by atoms with Gasteiger partial charge in [-0.25, -0.2) is 14.6 Å². The molecule has 3 heterocycles. The first-order chi connectivity index (χ1) is 19.6. The number of carboxylic acid groups (broad SMARTS) is 2. The zero-order valence-electron chi connectivity index (χ0n) is 22.9. The third-order valence-electron chi connectivity index (χ3n) is 5.52. The number of amides is 1. The van der Waals surface area contributed by atoms with E-state index >= 15 is 0 Å². The molecular weight excluding hydrogens is 644 g/mol. The molecule has 1 fully saturated rings. The minimum absolute atomic E-state index is 0. The average Bonchev–Trinajstić information content (AvgIpc) is 3.38. The fourth-order valence-electron chi connectivity index (χ4n) is 3.57. The van der Waals surface area contributed by atoms with Crippen molar-refractivity contribution in [3.8, 4) is 0 Å². The number of carbonyl (C=O) groups is 4. The Morgan fingerprint density at radius 1 is 1.26 bits per heavy atom. The zero-order valence-corrected chi connectivity index (χ0v) is 29.4. The van der Waals surface area contributed by atoms with Crippen LogP contribution in [-0.4, -0.2) is 74.7 Å². The summed E-state index contributed by atoms with van der Waals surface area (Å²) in [5, 5.41) is 39.9. The number of methoxy groups -OCH3 is 1. The second-order valence-electron chi connectivity index (χ2n) is 8.08. The number of aliphatic imine (C=N–C) groups is 1. The summed E-state index contributed by atoms with van der Waals surface area (Å²) in [6.07, 6.45) is 1.12. The normalized spacial score (nSPS) is 18.3. The quantitative estimate of drug-likeness (QED) is 0.0435. The van der Waals surface area contributed by atoms with Crippen LogP contribution in [0, 0.1) is 0 Å². The molecule has 1 aromatic heterocycles. The number of aromatic nitrogens is 1. The molecule has 3 N–H and O–H groups in total. The minimum Gasteiger partial charge on any atom is -0.857 e. The van der Waals surface area contributed by atoms with Crippen molar-refractivity contribution in [3.63, 3.8) is 0 Å². The molecule has 0 aliphatic carbocycles. The Bertz CT molecular complexity index is 1510. The number of β-lactam (4-membered cyclic amide) rings is 1. The van der Waals surface area contributed by atoms with E-state index in [4.69, 9.17) is 10.6 Å². The standard InChI is InChI=1S/C24H21N5O9S3.2Na/c1-37-15(30)6-7-39-14-10-40-21-17(20(32)29(21)18(14)23(35)36)27-19(31)16(13-9-41-24(25)26-13)28-38-8-11-2-4-12(5-3-11)22(33)34;;/h2-7,9,17,21H,8,10H2,1H3,(H2,25,26)(H,27,31)(H,33,34)(H,35,36);;/q;2*+1/p-2/b7-6-,28-16+;;/t17-,21-;;/m1../s1. The predicted molar refractivity (Wildman–Crippen MR) is 146 cm³/mol. The molecule has 0 unspecified atom stereocenters. The Labute approximate surface area is 301 Å². The smallest absolute Gasteiger partial charge is 0.857 e. The van der Waals surface area contributed by atoms with Crippen molar-refractivity contribution in [1.29, 1.82) is 0 Å². The number of thiazole rings is 1. The molecule has 1 saturated heterocycles. The molecule has 0 radical (unpaired) electrons. The van der Waals surface area contributed by atoms with E-state index in [0.29, 0.717) is 10.5 Å². The van der Waals surface area contributed by atoms with Crippen LogP contribution in [0.15, 0.2) is 61.9 Å². The van der Waals surface area contributed by atoms with Gasteiger partial charge in [-0.05, 0) is 16.5 Å². The van der Waals surface area contributed by atoms with Crippen molar-refractivity contribution in [3.05, 3.63) is 68.6 Å². The monoisotopic (exact) mass is 663 g/mol. The fourth-order valence-corrected chi connectivity index (χ4v) is 6.42. The molecule has 19 heteroatoms. The predicted octanol–water partition coefficient (Wildman–Crippen LogP) is -6.22. The first-order valence-corrected chi connectivity index (χ1v) is 14.2. The molecule has 14 nitrogen and oxygen atoms in total. The van der Waals surface area contributed by atoms with Gasteiger partial charge in [0, 0.05) is 28.0 Å². The van der Waals surface area contributed by atoms with Crippen LogP contribution in [0.1, 0.15) is 21.6 Å². The van der Waals surface area contributed by atoms with Crippen molar-refractivity contribution in [2.75, 3.05) is 18.6 Å².